The fourth-order valence-corrected chi connectivity index (χ4v) is 1.52. The van der Waals surface area contributed by atoms with Gasteiger partial charge >= 0.3 is 5.97 Å². The number of nitrogens with zero attached hydrogens (tertiary/aromatic N) is 1. The number of ether oxygens (including phenoxy) is 1. The van der Waals surface area contributed by atoms with Gasteiger partial charge in [0.15, 0.2) is 0 Å². The molecule has 1 amide bonds. The lowest BCUT2D eigenvalue weighted by Crippen LogP contribution is -2.26. The van der Waals surface area contributed by atoms with Crippen molar-refractivity contribution in [3.63, 3.8) is 0 Å². The van der Waals surface area contributed by atoms with E-state index in [-0.39, 0.29) is 24.7 Å². The minimum Gasteiger partial charge on any atom is -0.466 e. The van der Waals surface area contributed by atoms with Crippen molar-refractivity contribution in [3.8, 4) is 0 Å². The number of hydrogen-bond acceptors (Lipinski definition) is 3. The Bertz CT molecular complexity index is 412. The fourth-order valence-electron chi connectivity index (χ4n) is 1.52. The van der Waals surface area contributed by atoms with Crippen LogP contribution in [0.3, 0.4) is 0 Å². The third-order valence-corrected chi connectivity index (χ3v) is 2.64. The Morgan fingerprint density at radius 3 is 2.33 bits per heavy atom. The molecule has 0 saturated heterocycles. The van der Waals surface area contributed by atoms with Crippen LogP contribution in [0.5, 0.6) is 0 Å². The number of esters is 1. The van der Waals surface area contributed by atoms with Crippen LogP contribution in [0.25, 0.3) is 0 Å². The summed E-state index contributed by atoms with van der Waals surface area (Å²) in [5, 5.41) is 0. The van der Waals surface area contributed by atoms with E-state index in [0.29, 0.717) is 6.61 Å². The molecule has 0 aliphatic heterocycles. The van der Waals surface area contributed by atoms with Crippen molar-refractivity contribution < 1.29 is 14.3 Å². The van der Waals surface area contributed by atoms with Gasteiger partial charge in [-0.05, 0) is 26.0 Å². The lowest BCUT2D eigenvalue weighted by atomic mass is 10.2. The molecule has 0 aliphatic rings. The molecule has 0 saturated carbocycles. The highest BCUT2D eigenvalue weighted by Crippen LogP contribution is 2.14. The van der Waals surface area contributed by atoms with Gasteiger partial charge in [0, 0.05) is 19.2 Å². The Kier molecular flexibility index (Phi) is 5.36. The number of hydrogen-bond donors (Lipinski definition) is 0. The molecule has 0 spiro atoms. The van der Waals surface area contributed by atoms with Crippen molar-refractivity contribution in [2.24, 2.45) is 0 Å². The lowest BCUT2D eigenvalue weighted by molar-refractivity contribution is -0.144. The van der Waals surface area contributed by atoms with Crippen LogP contribution in [0, 0.1) is 6.92 Å². The van der Waals surface area contributed by atoms with Gasteiger partial charge in [0.1, 0.15) is 0 Å². The second-order valence-corrected chi connectivity index (χ2v) is 4.09. The van der Waals surface area contributed by atoms with Crippen LogP contribution in [0.15, 0.2) is 24.3 Å². The third kappa shape index (κ3) is 4.20. The van der Waals surface area contributed by atoms with E-state index in [1.165, 1.54) is 0 Å². The Balaban J connectivity index is 2.51. The molecule has 0 bridgehead atoms. The number of benzene rings is 1. The summed E-state index contributed by atoms with van der Waals surface area (Å²) in [7, 11) is 1.71. The number of amides is 1. The Hall–Kier alpha value is -1.84. The average molecular weight is 249 g/mol. The Labute approximate surface area is 108 Å². The van der Waals surface area contributed by atoms with E-state index in [2.05, 4.69) is 0 Å². The van der Waals surface area contributed by atoms with Gasteiger partial charge in [-0.1, -0.05) is 17.7 Å². The first-order valence-corrected chi connectivity index (χ1v) is 6.03. The average Bonchev–Trinajstić information content (AvgIpc) is 2.36. The third-order valence-electron chi connectivity index (χ3n) is 2.64. The molecule has 4 heteroatoms. The monoisotopic (exact) mass is 249 g/mol. The molecule has 0 aromatic heterocycles. The Morgan fingerprint density at radius 2 is 1.78 bits per heavy atom. The first-order chi connectivity index (χ1) is 8.54. The SMILES string of the molecule is CCOC(=O)CCC(=O)N(C)c1ccc(C)cc1. The second kappa shape index (κ2) is 6.79. The molecule has 4 nitrogen and oxygen atoms in total. The fraction of sp³-hybridized carbons (Fsp3) is 0.429. The Morgan fingerprint density at radius 1 is 1.17 bits per heavy atom. The van der Waals surface area contributed by atoms with Gasteiger partial charge in [0.2, 0.25) is 5.91 Å². The van der Waals surface area contributed by atoms with Crippen LogP contribution in [-0.4, -0.2) is 25.5 Å². The molecule has 0 atom stereocenters. The van der Waals surface area contributed by atoms with Gasteiger partial charge < -0.3 is 9.64 Å². The summed E-state index contributed by atoms with van der Waals surface area (Å²) in [6.07, 6.45) is 0.298. The zero-order valence-electron chi connectivity index (χ0n) is 11.1. The molecule has 1 aromatic rings. The number of aryl methyl sites for hydroxylation is 1. The first-order valence-electron chi connectivity index (χ1n) is 6.03. The first kappa shape index (κ1) is 14.2. The lowest BCUT2D eigenvalue weighted by Gasteiger charge is -2.17. The molecular weight excluding hydrogens is 230 g/mol. The molecule has 0 fully saturated rings. The van der Waals surface area contributed by atoms with Crippen molar-refractivity contribution in [3.05, 3.63) is 29.8 Å². The number of rotatable bonds is 5. The van der Waals surface area contributed by atoms with Crippen molar-refractivity contribution >= 4 is 17.6 Å². The van der Waals surface area contributed by atoms with E-state index in [4.69, 9.17) is 4.74 Å². The highest BCUT2D eigenvalue weighted by atomic mass is 16.5. The largest absolute Gasteiger partial charge is 0.466 e. The summed E-state index contributed by atoms with van der Waals surface area (Å²) in [6.45, 7) is 4.09. The summed E-state index contributed by atoms with van der Waals surface area (Å²) in [5.41, 5.74) is 1.97. The molecule has 98 valence electrons. The van der Waals surface area contributed by atoms with Crippen LogP contribution in [0.4, 0.5) is 5.69 Å². The van der Waals surface area contributed by atoms with Gasteiger partial charge in [-0.3, -0.25) is 9.59 Å². The predicted molar refractivity (Wildman–Crippen MR) is 70.5 cm³/mol. The van der Waals surface area contributed by atoms with Crippen molar-refractivity contribution in [1.29, 1.82) is 0 Å². The van der Waals surface area contributed by atoms with Gasteiger partial charge in [0.25, 0.3) is 0 Å². The van der Waals surface area contributed by atoms with Crippen LogP contribution < -0.4 is 4.90 Å². The predicted octanol–water partition coefficient (Wildman–Crippen LogP) is 2.30. The molecule has 0 radical (unpaired) electrons. The molecular formula is C14H19NO3. The highest BCUT2D eigenvalue weighted by Gasteiger charge is 2.13. The minimum atomic E-state index is -0.330. The maximum Gasteiger partial charge on any atom is 0.306 e. The molecule has 0 N–H and O–H groups in total. The van der Waals surface area contributed by atoms with E-state index in [1.807, 2.05) is 31.2 Å². The van der Waals surface area contributed by atoms with Gasteiger partial charge in [-0.15, -0.1) is 0 Å². The highest BCUT2D eigenvalue weighted by molar-refractivity contribution is 5.94. The molecule has 1 rings (SSSR count). The standard InChI is InChI=1S/C14H19NO3/c1-4-18-14(17)10-9-13(16)15(3)12-7-5-11(2)6-8-12/h5-8H,4,9-10H2,1-3H3. The molecule has 0 aliphatic carbocycles. The van der Waals surface area contributed by atoms with Crippen LogP contribution in [0.2, 0.25) is 0 Å². The smallest absolute Gasteiger partial charge is 0.306 e. The molecule has 18 heavy (non-hydrogen) atoms. The number of anilines is 1. The maximum absolute atomic E-state index is 11.9. The quantitative estimate of drug-likeness (QED) is 0.752. The van der Waals surface area contributed by atoms with Gasteiger partial charge in [-0.2, -0.15) is 0 Å². The van der Waals surface area contributed by atoms with Crippen LogP contribution in [-0.2, 0) is 14.3 Å². The van der Waals surface area contributed by atoms with E-state index < -0.39 is 0 Å². The van der Waals surface area contributed by atoms with Crippen LogP contribution >= 0.6 is 0 Å². The summed E-state index contributed by atoms with van der Waals surface area (Å²) < 4.78 is 4.78. The zero-order valence-corrected chi connectivity index (χ0v) is 11.1. The second-order valence-electron chi connectivity index (χ2n) is 4.09. The number of carbonyl (C=O) groups excluding carboxylic acids is 2. The topological polar surface area (TPSA) is 46.6 Å². The zero-order chi connectivity index (χ0) is 13.5. The molecule has 1 aromatic carbocycles. The maximum atomic E-state index is 11.9. The minimum absolute atomic E-state index is 0.0908. The molecule has 0 heterocycles. The summed E-state index contributed by atoms with van der Waals surface area (Å²) in [6, 6.07) is 7.67. The summed E-state index contributed by atoms with van der Waals surface area (Å²) in [4.78, 5) is 24.6. The van der Waals surface area contributed by atoms with E-state index in [9.17, 15) is 9.59 Å². The number of carbonyl (C=O) groups is 2. The van der Waals surface area contributed by atoms with Gasteiger partial charge in [-0.25, -0.2) is 0 Å². The summed E-state index contributed by atoms with van der Waals surface area (Å²) in [5.74, 6) is -0.421. The van der Waals surface area contributed by atoms with E-state index in [0.717, 1.165) is 11.3 Å². The summed E-state index contributed by atoms with van der Waals surface area (Å²) >= 11 is 0. The van der Waals surface area contributed by atoms with Gasteiger partial charge in [0.05, 0.1) is 13.0 Å². The van der Waals surface area contributed by atoms with E-state index >= 15 is 0 Å². The van der Waals surface area contributed by atoms with Crippen LogP contribution in [0.1, 0.15) is 25.3 Å². The van der Waals surface area contributed by atoms with Crippen molar-refractivity contribution in [2.45, 2.75) is 26.7 Å². The normalized spacial score (nSPS) is 9.94. The molecule has 0 unspecified atom stereocenters. The van der Waals surface area contributed by atoms with Crippen molar-refractivity contribution in [1.82, 2.24) is 0 Å². The van der Waals surface area contributed by atoms with Crippen molar-refractivity contribution in [2.75, 3.05) is 18.6 Å². The van der Waals surface area contributed by atoms with E-state index in [1.54, 1.807) is 18.9 Å².